The number of amides is 1. The van der Waals surface area contributed by atoms with Crippen molar-refractivity contribution in [2.24, 2.45) is 0 Å². The zero-order valence-corrected chi connectivity index (χ0v) is 15.3. The number of rotatable bonds is 4. The zero-order valence-electron chi connectivity index (χ0n) is 14.5. The highest BCUT2D eigenvalue weighted by atomic mass is 32.1. The third kappa shape index (κ3) is 3.76. The van der Waals surface area contributed by atoms with Gasteiger partial charge in [0.25, 0.3) is 5.91 Å². The number of nitrogens with one attached hydrogen (secondary N) is 1. The first-order chi connectivity index (χ1) is 12.2. The molecule has 1 amide bonds. The standard InChI is InChI=1S/C19H23N3O2S/c1-13-5-2-3-6-14(13)11-22-9-8-15-17(12-22)25-19(20-15)21-18(23)16-7-4-10-24-16/h2-3,5-6,16H,4,7-12H2,1H3,(H,20,21,23). The van der Waals surface area contributed by atoms with E-state index in [0.717, 1.165) is 44.6 Å². The molecule has 0 bridgehead atoms. The fraction of sp³-hybridized carbons (Fsp3) is 0.474. The summed E-state index contributed by atoms with van der Waals surface area (Å²) < 4.78 is 5.44. The van der Waals surface area contributed by atoms with Gasteiger partial charge in [0, 0.05) is 37.5 Å². The van der Waals surface area contributed by atoms with Crippen molar-refractivity contribution in [3.63, 3.8) is 0 Å². The second kappa shape index (κ2) is 7.23. The van der Waals surface area contributed by atoms with Crippen LogP contribution in [0.1, 0.15) is 34.5 Å². The van der Waals surface area contributed by atoms with E-state index in [1.54, 1.807) is 11.3 Å². The molecule has 1 N–H and O–H groups in total. The predicted molar refractivity (Wildman–Crippen MR) is 98.7 cm³/mol. The second-order valence-electron chi connectivity index (χ2n) is 6.77. The summed E-state index contributed by atoms with van der Waals surface area (Å²) in [5, 5.41) is 3.65. The molecule has 6 heteroatoms. The molecule has 1 unspecified atom stereocenters. The molecule has 2 aliphatic heterocycles. The Morgan fingerprint density at radius 3 is 3.12 bits per heavy atom. The third-order valence-corrected chi connectivity index (χ3v) is 5.92. The lowest BCUT2D eigenvalue weighted by Crippen LogP contribution is -2.29. The molecular formula is C19H23N3O2S. The van der Waals surface area contributed by atoms with Crippen molar-refractivity contribution in [3.05, 3.63) is 46.0 Å². The Bertz CT molecular complexity index is 768. The van der Waals surface area contributed by atoms with Gasteiger partial charge >= 0.3 is 0 Å². The molecule has 1 atom stereocenters. The molecule has 0 saturated carbocycles. The molecule has 5 nitrogen and oxygen atoms in total. The minimum atomic E-state index is -0.307. The highest BCUT2D eigenvalue weighted by Crippen LogP contribution is 2.29. The summed E-state index contributed by atoms with van der Waals surface area (Å²) in [5.74, 6) is -0.0552. The van der Waals surface area contributed by atoms with Crippen LogP contribution in [0.25, 0.3) is 0 Å². The molecule has 1 aromatic heterocycles. The van der Waals surface area contributed by atoms with Crippen molar-refractivity contribution in [1.29, 1.82) is 0 Å². The van der Waals surface area contributed by atoms with Crippen LogP contribution in [0.15, 0.2) is 24.3 Å². The maximum atomic E-state index is 12.2. The van der Waals surface area contributed by atoms with Gasteiger partial charge in [-0.1, -0.05) is 24.3 Å². The Labute approximate surface area is 152 Å². The van der Waals surface area contributed by atoms with Crippen LogP contribution in [0.3, 0.4) is 0 Å². The fourth-order valence-electron chi connectivity index (χ4n) is 3.44. The highest BCUT2D eigenvalue weighted by molar-refractivity contribution is 7.15. The predicted octanol–water partition coefficient (Wildman–Crippen LogP) is 3.13. The van der Waals surface area contributed by atoms with Gasteiger partial charge in [-0.2, -0.15) is 0 Å². The lowest BCUT2D eigenvalue weighted by molar-refractivity contribution is -0.124. The van der Waals surface area contributed by atoms with E-state index in [1.165, 1.54) is 16.0 Å². The molecule has 0 spiro atoms. The first-order valence-corrected chi connectivity index (χ1v) is 9.68. The number of carbonyl (C=O) groups is 1. The van der Waals surface area contributed by atoms with Gasteiger partial charge in [-0.3, -0.25) is 15.0 Å². The number of benzene rings is 1. The maximum Gasteiger partial charge on any atom is 0.255 e. The number of aromatic nitrogens is 1. The molecule has 1 fully saturated rings. The van der Waals surface area contributed by atoms with E-state index in [4.69, 9.17) is 4.74 Å². The Hall–Kier alpha value is -1.76. The van der Waals surface area contributed by atoms with Gasteiger partial charge in [-0.05, 0) is 30.9 Å². The average molecular weight is 357 g/mol. The molecular weight excluding hydrogens is 334 g/mol. The van der Waals surface area contributed by atoms with Crippen LogP contribution in [0.5, 0.6) is 0 Å². The Kier molecular flexibility index (Phi) is 4.83. The van der Waals surface area contributed by atoms with Gasteiger partial charge in [-0.25, -0.2) is 4.98 Å². The van der Waals surface area contributed by atoms with E-state index >= 15 is 0 Å². The normalized spacial score (nSPS) is 20.4. The van der Waals surface area contributed by atoms with Crippen LogP contribution < -0.4 is 5.32 Å². The van der Waals surface area contributed by atoms with Gasteiger partial charge in [-0.15, -0.1) is 11.3 Å². The van der Waals surface area contributed by atoms with Crippen molar-refractivity contribution in [2.45, 2.75) is 45.4 Å². The van der Waals surface area contributed by atoms with Crippen molar-refractivity contribution in [1.82, 2.24) is 9.88 Å². The number of fused-ring (bicyclic) bond motifs is 1. The largest absolute Gasteiger partial charge is 0.368 e. The lowest BCUT2D eigenvalue weighted by Gasteiger charge is -2.26. The van der Waals surface area contributed by atoms with Crippen molar-refractivity contribution in [3.8, 4) is 0 Å². The number of hydrogen-bond acceptors (Lipinski definition) is 5. The fourth-order valence-corrected chi connectivity index (χ4v) is 4.49. The molecule has 2 aliphatic rings. The molecule has 2 aromatic rings. The molecule has 1 aromatic carbocycles. The molecule has 1 saturated heterocycles. The minimum Gasteiger partial charge on any atom is -0.368 e. The van der Waals surface area contributed by atoms with Crippen LogP contribution in [-0.2, 0) is 29.0 Å². The van der Waals surface area contributed by atoms with Gasteiger partial charge in [0.1, 0.15) is 6.10 Å². The Morgan fingerprint density at radius 2 is 2.32 bits per heavy atom. The van der Waals surface area contributed by atoms with E-state index in [9.17, 15) is 4.79 Å². The summed E-state index contributed by atoms with van der Waals surface area (Å²) in [6.07, 6.45) is 2.40. The van der Waals surface area contributed by atoms with Gasteiger partial charge in [0.05, 0.1) is 5.69 Å². The molecule has 0 radical (unpaired) electrons. The van der Waals surface area contributed by atoms with Gasteiger partial charge < -0.3 is 4.74 Å². The summed E-state index contributed by atoms with van der Waals surface area (Å²) in [6.45, 7) is 5.71. The number of carbonyl (C=O) groups excluding carboxylic acids is 1. The smallest absolute Gasteiger partial charge is 0.255 e. The van der Waals surface area contributed by atoms with Crippen LogP contribution in [0, 0.1) is 6.92 Å². The first kappa shape index (κ1) is 16.7. The zero-order chi connectivity index (χ0) is 17.2. The summed E-state index contributed by atoms with van der Waals surface area (Å²) in [6, 6.07) is 8.55. The van der Waals surface area contributed by atoms with Crippen molar-refractivity contribution < 1.29 is 9.53 Å². The van der Waals surface area contributed by atoms with Crippen LogP contribution in [0.4, 0.5) is 5.13 Å². The number of aryl methyl sites for hydroxylation is 1. The van der Waals surface area contributed by atoms with E-state index < -0.39 is 0 Å². The Morgan fingerprint density at radius 1 is 1.44 bits per heavy atom. The molecule has 0 aliphatic carbocycles. The third-order valence-electron chi connectivity index (χ3n) is 4.92. The van der Waals surface area contributed by atoms with E-state index in [-0.39, 0.29) is 12.0 Å². The number of thiazole rings is 1. The number of hydrogen-bond donors (Lipinski definition) is 1. The topological polar surface area (TPSA) is 54.5 Å². The summed E-state index contributed by atoms with van der Waals surface area (Å²) in [5.41, 5.74) is 3.85. The SMILES string of the molecule is Cc1ccccc1CN1CCc2nc(NC(=O)C3CCCO3)sc2C1. The summed E-state index contributed by atoms with van der Waals surface area (Å²) >= 11 is 1.60. The molecule has 132 valence electrons. The number of ether oxygens (including phenoxy) is 1. The lowest BCUT2D eigenvalue weighted by atomic mass is 10.1. The quantitative estimate of drug-likeness (QED) is 0.913. The van der Waals surface area contributed by atoms with E-state index in [2.05, 4.69) is 46.4 Å². The molecule has 3 heterocycles. The van der Waals surface area contributed by atoms with E-state index in [1.807, 2.05) is 0 Å². The van der Waals surface area contributed by atoms with Crippen molar-refractivity contribution in [2.75, 3.05) is 18.5 Å². The number of nitrogens with zero attached hydrogens (tertiary/aromatic N) is 2. The van der Waals surface area contributed by atoms with Crippen LogP contribution in [0.2, 0.25) is 0 Å². The highest BCUT2D eigenvalue weighted by Gasteiger charge is 2.26. The first-order valence-electron chi connectivity index (χ1n) is 8.87. The minimum absolute atomic E-state index is 0.0552. The average Bonchev–Trinajstić information content (AvgIpc) is 3.25. The molecule has 4 rings (SSSR count). The van der Waals surface area contributed by atoms with Crippen LogP contribution in [-0.4, -0.2) is 35.0 Å². The second-order valence-corrected chi connectivity index (χ2v) is 7.85. The van der Waals surface area contributed by atoms with Crippen LogP contribution >= 0.6 is 11.3 Å². The maximum absolute atomic E-state index is 12.2. The summed E-state index contributed by atoms with van der Waals surface area (Å²) in [7, 11) is 0. The monoisotopic (exact) mass is 357 g/mol. The summed E-state index contributed by atoms with van der Waals surface area (Å²) in [4.78, 5) is 20.5. The molecule has 25 heavy (non-hydrogen) atoms. The van der Waals surface area contributed by atoms with Gasteiger partial charge in [0.2, 0.25) is 0 Å². The number of anilines is 1. The van der Waals surface area contributed by atoms with Crippen molar-refractivity contribution >= 4 is 22.4 Å². The van der Waals surface area contributed by atoms with E-state index in [0.29, 0.717) is 11.7 Å². The van der Waals surface area contributed by atoms with Gasteiger partial charge in [0.15, 0.2) is 5.13 Å². The Balaban J connectivity index is 1.40.